The third-order valence-corrected chi connectivity index (χ3v) is 2.31. The van der Waals surface area contributed by atoms with Gasteiger partial charge in [0.2, 0.25) is 0 Å². The number of hydrogen-bond donors (Lipinski definition) is 1. The summed E-state index contributed by atoms with van der Waals surface area (Å²) in [5.41, 5.74) is 0.315. The number of aliphatic hydroxyl groups excluding tert-OH is 1. The molecule has 0 fully saturated rings. The second-order valence-corrected chi connectivity index (χ2v) is 3.24. The molecule has 15 heavy (non-hydrogen) atoms. The fourth-order valence-corrected chi connectivity index (χ4v) is 1.57. The van der Waals surface area contributed by atoms with Gasteiger partial charge in [-0.2, -0.15) is 0 Å². The molecular formula is C11H9NO3. The molecule has 2 rings (SSSR count). The summed E-state index contributed by atoms with van der Waals surface area (Å²) in [6.45, 7) is -0.318. The molecule has 0 saturated heterocycles. The van der Waals surface area contributed by atoms with Crippen LogP contribution in [0.15, 0.2) is 36.4 Å². The number of hydrogen-bond acceptors (Lipinski definition) is 3. The van der Waals surface area contributed by atoms with Crippen LogP contribution in [0.4, 0.5) is 5.69 Å². The summed E-state index contributed by atoms with van der Waals surface area (Å²) >= 11 is 0. The van der Waals surface area contributed by atoms with E-state index in [0.717, 1.165) is 10.8 Å². The molecule has 4 nitrogen and oxygen atoms in total. The van der Waals surface area contributed by atoms with Gasteiger partial charge in [0.25, 0.3) is 5.69 Å². The van der Waals surface area contributed by atoms with Crippen molar-refractivity contribution >= 4 is 16.5 Å². The number of nitro benzene ring substituents is 1. The number of aliphatic hydroxyl groups is 1. The number of benzene rings is 2. The maximum absolute atomic E-state index is 10.7. The average Bonchev–Trinajstić information content (AvgIpc) is 2.27. The summed E-state index contributed by atoms with van der Waals surface area (Å²) in [6.07, 6.45) is 0. The molecular weight excluding hydrogens is 194 g/mol. The Morgan fingerprint density at radius 3 is 2.33 bits per heavy atom. The molecule has 0 aliphatic rings. The molecule has 4 heteroatoms. The van der Waals surface area contributed by atoms with Gasteiger partial charge in [0.1, 0.15) is 0 Å². The predicted molar refractivity (Wildman–Crippen MR) is 56.5 cm³/mol. The molecule has 0 heterocycles. The Labute approximate surface area is 85.9 Å². The Morgan fingerprint density at radius 2 is 1.80 bits per heavy atom. The Morgan fingerprint density at radius 1 is 1.20 bits per heavy atom. The monoisotopic (exact) mass is 203 g/mol. The van der Waals surface area contributed by atoms with Crippen LogP contribution in [0.5, 0.6) is 0 Å². The van der Waals surface area contributed by atoms with Gasteiger partial charge in [0, 0.05) is 6.07 Å². The molecule has 0 bridgehead atoms. The third-order valence-electron chi connectivity index (χ3n) is 2.31. The van der Waals surface area contributed by atoms with Crippen LogP contribution in [0.1, 0.15) is 5.56 Å². The highest BCUT2D eigenvalue weighted by molar-refractivity contribution is 5.85. The van der Waals surface area contributed by atoms with Gasteiger partial charge in [0.05, 0.1) is 17.1 Å². The summed E-state index contributed by atoms with van der Waals surface area (Å²) in [7, 11) is 0. The van der Waals surface area contributed by atoms with E-state index in [4.69, 9.17) is 5.11 Å². The average molecular weight is 203 g/mol. The predicted octanol–water partition coefficient (Wildman–Crippen LogP) is 2.24. The fraction of sp³-hybridized carbons (Fsp3) is 0.0909. The first-order valence-electron chi connectivity index (χ1n) is 4.49. The van der Waals surface area contributed by atoms with E-state index in [9.17, 15) is 10.1 Å². The topological polar surface area (TPSA) is 63.4 Å². The minimum absolute atomic E-state index is 0.0313. The summed E-state index contributed by atoms with van der Waals surface area (Å²) in [5, 5.41) is 21.4. The van der Waals surface area contributed by atoms with E-state index in [1.807, 2.05) is 24.3 Å². The van der Waals surface area contributed by atoms with Crippen molar-refractivity contribution in [2.24, 2.45) is 0 Å². The highest BCUT2D eigenvalue weighted by Crippen LogP contribution is 2.25. The van der Waals surface area contributed by atoms with Gasteiger partial charge in [-0.1, -0.05) is 24.3 Å². The summed E-state index contributed by atoms with van der Waals surface area (Å²) in [5.74, 6) is 0. The van der Waals surface area contributed by atoms with Crippen LogP contribution in [0.3, 0.4) is 0 Å². The van der Waals surface area contributed by atoms with Crippen molar-refractivity contribution in [3.05, 3.63) is 52.1 Å². The second kappa shape index (κ2) is 3.67. The number of fused-ring (bicyclic) bond motifs is 1. The van der Waals surface area contributed by atoms with Crippen molar-refractivity contribution in [1.29, 1.82) is 0 Å². The van der Waals surface area contributed by atoms with Gasteiger partial charge in [0.15, 0.2) is 0 Å². The maximum Gasteiger partial charge on any atom is 0.275 e. The van der Waals surface area contributed by atoms with Crippen molar-refractivity contribution in [1.82, 2.24) is 0 Å². The zero-order valence-electron chi connectivity index (χ0n) is 7.88. The van der Waals surface area contributed by atoms with E-state index in [1.54, 1.807) is 6.07 Å². The SMILES string of the molecule is O=[N+]([O-])c1cc2ccccc2cc1CO. The smallest absolute Gasteiger partial charge is 0.275 e. The molecule has 0 atom stereocenters. The maximum atomic E-state index is 10.7. The van der Waals surface area contributed by atoms with Crippen molar-refractivity contribution in [3.8, 4) is 0 Å². The normalized spacial score (nSPS) is 10.5. The molecule has 0 aromatic heterocycles. The number of rotatable bonds is 2. The molecule has 0 amide bonds. The second-order valence-electron chi connectivity index (χ2n) is 3.24. The largest absolute Gasteiger partial charge is 0.391 e. The van der Waals surface area contributed by atoms with E-state index >= 15 is 0 Å². The van der Waals surface area contributed by atoms with Gasteiger partial charge < -0.3 is 5.11 Å². The Hall–Kier alpha value is -1.94. The van der Waals surface area contributed by atoms with Crippen LogP contribution in [0.2, 0.25) is 0 Å². The van der Waals surface area contributed by atoms with Crippen LogP contribution in [0, 0.1) is 10.1 Å². The quantitative estimate of drug-likeness (QED) is 0.601. The molecule has 2 aromatic carbocycles. The molecule has 0 spiro atoms. The van der Waals surface area contributed by atoms with Gasteiger partial charge in [-0.05, 0) is 16.8 Å². The molecule has 1 N–H and O–H groups in total. The van der Waals surface area contributed by atoms with Crippen LogP contribution in [-0.2, 0) is 6.61 Å². The first-order chi connectivity index (χ1) is 7.22. The van der Waals surface area contributed by atoms with E-state index in [2.05, 4.69) is 0 Å². The Kier molecular flexibility index (Phi) is 2.35. The van der Waals surface area contributed by atoms with Crippen LogP contribution in [0.25, 0.3) is 10.8 Å². The number of nitrogens with zero attached hydrogens (tertiary/aromatic N) is 1. The van der Waals surface area contributed by atoms with Gasteiger partial charge in [-0.15, -0.1) is 0 Å². The van der Waals surface area contributed by atoms with E-state index in [0.29, 0.717) is 5.56 Å². The molecule has 0 unspecified atom stereocenters. The lowest BCUT2D eigenvalue weighted by molar-refractivity contribution is -0.385. The lowest BCUT2D eigenvalue weighted by atomic mass is 10.1. The first-order valence-corrected chi connectivity index (χ1v) is 4.49. The van der Waals surface area contributed by atoms with Gasteiger partial charge in [-0.3, -0.25) is 10.1 Å². The molecule has 0 saturated carbocycles. The highest BCUT2D eigenvalue weighted by atomic mass is 16.6. The lowest BCUT2D eigenvalue weighted by Crippen LogP contribution is -1.95. The van der Waals surface area contributed by atoms with Crippen molar-refractivity contribution in [2.45, 2.75) is 6.61 Å². The Bertz CT molecular complexity index is 522. The van der Waals surface area contributed by atoms with Gasteiger partial charge in [-0.25, -0.2) is 0 Å². The van der Waals surface area contributed by atoms with Crippen molar-refractivity contribution < 1.29 is 10.0 Å². The fourth-order valence-electron chi connectivity index (χ4n) is 1.57. The Balaban J connectivity index is 2.74. The van der Waals surface area contributed by atoms with E-state index < -0.39 is 4.92 Å². The van der Waals surface area contributed by atoms with Crippen LogP contribution < -0.4 is 0 Å². The van der Waals surface area contributed by atoms with E-state index in [-0.39, 0.29) is 12.3 Å². The summed E-state index contributed by atoms with van der Waals surface area (Å²) in [6, 6.07) is 10.5. The van der Waals surface area contributed by atoms with Crippen molar-refractivity contribution in [2.75, 3.05) is 0 Å². The molecule has 76 valence electrons. The third kappa shape index (κ3) is 1.67. The molecule has 0 aliphatic heterocycles. The minimum Gasteiger partial charge on any atom is -0.391 e. The lowest BCUT2D eigenvalue weighted by Gasteiger charge is -2.02. The summed E-state index contributed by atoms with van der Waals surface area (Å²) < 4.78 is 0. The highest BCUT2D eigenvalue weighted by Gasteiger charge is 2.13. The van der Waals surface area contributed by atoms with Crippen molar-refractivity contribution in [3.63, 3.8) is 0 Å². The standard InChI is InChI=1S/C11H9NO3/c13-7-10-5-8-3-1-2-4-9(8)6-11(10)12(14)15/h1-6,13H,7H2. The molecule has 0 radical (unpaired) electrons. The van der Waals surface area contributed by atoms with E-state index in [1.165, 1.54) is 6.07 Å². The zero-order chi connectivity index (χ0) is 10.8. The summed E-state index contributed by atoms with van der Waals surface area (Å²) in [4.78, 5) is 10.2. The minimum atomic E-state index is -0.474. The first kappa shape index (κ1) is 9.61. The van der Waals surface area contributed by atoms with Gasteiger partial charge >= 0.3 is 0 Å². The molecule has 0 aliphatic carbocycles. The molecule has 2 aromatic rings. The number of nitro groups is 1. The van der Waals surface area contributed by atoms with Crippen LogP contribution in [-0.4, -0.2) is 10.0 Å². The zero-order valence-corrected chi connectivity index (χ0v) is 7.88. The van der Waals surface area contributed by atoms with Crippen LogP contribution >= 0.6 is 0 Å².